The third kappa shape index (κ3) is 3.58. The second-order valence-electron chi connectivity index (χ2n) is 3.62. The van der Waals surface area contributed by atoms with Crippen molar-refractivity contribution < 1.29 is 37.8 Å². The van der Waals surface area contributed by atoms with Crippen LogP contribution in [-0.2, 0) is 14.4 Å². The Morgan fingerprint density at radius 3 is 2.00 bits per heavy atom. The number of carbonyl (C=O) groups is 3. The van der Waals surface area contributed by atoms with E-state index in [4.69, 9.17) is 15.9 Å². The molecule has 0 aliphatic carbocycles. The van der Waals surface area contributed by atoms with Crippen molar-refractivity contribution in [2.24, 2.45) is 5.73 Å². The van der Waals surface area contributed by atoms with Crippen LogP contribution in [0.5, 0.6) is 0 Å². The number of carbonyl (C=O) groups excluding carboxylic acids is 1. The molecule has 7 nitrogen and oxygen atoms in total. The van der Waals surface area contributed by atoms with Crippen molar-refractivity contribution in [3.05, 3.63) is 0 Å². The molecule has 2 unspecified atom stereocenters. The average Bonchev–Trinajstić information content (AvgIpc) is 2.13. The van der Waals surface area contributed by atoms with E-state index in [1.54, 1.807) is 0 Å². The fraction of sp³-hybridized carbons (Fsp3) is 0.625. The van der Waals surface area contributed by atoms with Gasteiger partial charge in [-0.05, 0) is 6.92 Å². The maximum absolute atomic E-state index is 12.5. The molecule has 0 spiro atoms. The zero-order valence-electron chi connectivity index (χ0n) is 9.11. The second-order valence-corrected chi connectivity index (χ2v) is 3.62. The molecule has 0 aliphatic rings. The van der Waals surface area contributed by atoms with Crippen LogP contribution >= 0.6 is 0 Å². The molecule has 0 fully saturated rings. The Balaban J connectivity index is 4.98. The number of hydrogen-bond donors (Lipinski definition) is 4. The number of nitrogens with two attached hydrogens (primary N) is 1. The van der Waals surface area contributed by atoms with Crippen molar-refractivity contribution in [2.45, 2.75) is 31.1 Å². The lowest BCUT2D eigenvalue weighted by molar-refractivity contribution is -0.207. The molecule has 0 aromatic rings. The summed E-state index contributed by atoms with van der Waals surface area (Å²) in [5.74, 6) is -5.34. The first-order valence-corrected chi connectivity index (χ1v) is 4.51. The normalized spacial score (nSPS) is 16.5. The predicted octanol–water partition coefficient (Wildman–Crippen LogP) is -0.690. The molecule has 0 aromatic carbocycles. The van der Waals surface area contributed by atoms with Crippen LogP contribution in [0.4, 0.5) is 13.2 Å². The maximum Gasteiger partial charge on any atom is 0.422 e. The lowest BCUT2D eigenvalue weighted by Gasteiger charge is -2.29. The van der Waals surface area contributed by atoms with E-state index < -0.39 is 42.0 Å². The molecular weight excluding hydrogens is 261 g/mol. The van der Waals surface area contributed by atoms with E-state index >= 15 is 0 Å². The van der Waals surface area contributed by atoms with Gasteiger partial charge >= 0.3 is 18.1 Å². The molecule has 0 bridgehead atoms. The van der Waals surface area contributed by atoms with E-state index in [1.807, 2.05) is 0 Å². The minimum atomic E-state index is -5.25. The van der Waals surface area contributed by atoms with Crippen molar-refractivity contribution in [2.75, 3.05) is 0 Å². The summed E-state index contributed by atoms with van der Waals surface area (Å²) < 4.78 is 37.5. The van der Waals surface area contributed by atoms with E-state index in [2.05, 4.69) is 0 Å². The Morgan fingerprint density at radius 1 is 1.28 bits per heavy atom. The molecule has 18 heavy (non-hydrogen) atoms. The van der Waals surface area contributed by atoms with Gasteiger partial charge in [-0.1, -0.05) is 0 Å². The Hall–Kier alpha value is -1.84. The van der Waals surface area contributed by atoms with Gasteiger partial charge in [-0.15, -0.1) is 0 Å². The summed E-state index contributed by atoms with van der Waals surface area (Å²) in [7, 11) is 0. The molecule has 0 saturated heterocycles. The summed E-state index contributed by atoms with van der Waals surface area (Å²) in [5.41, 5.74) is 1.49. The number of aliphatic carboxylic acids is 2. The van der Waals surface area contributed by atoms with Crippen LogP contribution in [0.3, 0.4) is 0 Å². The Labute approximate surface area is 98.8 Å². The molecule has 2 atom stereocenters. The summed E-state index contributed by atoms with van der Waals surface area (Å²) in [6.07, 6.45) is -6.17. The Morgan fingerprint density at radius 2 is 1.72 bits per heavy atom. The minimum Gasteiger partial charge on any atom is -0.481 e. The van der Waals surface area contributed by atoms with Crippen LogP contribution in [0.25, 0.3) is 0 Å². The van der Waals surface area contributed by atoms with Gasteiger partial charge in [-0.3, -0.25) is 9.59 Å². The number of rotatable bonds is 5. The van der Waals surface area contributed by atoms with Crippen LogP contribution in [-0.4, -0.2) is 45.8 Å². The fourth-order valence-electron chi connectivity index (χ4n) is 0.866. The number of nitrogens with one attached hydrogen (secondary N) is 1. The molecule has 1 amide bonds. The molecule has 0 aromatic heterocycles. The zero-order valence-corrected chi connectivity index (χ0v) is 9.11. The van der Waals surface area contributed by atoms with E-state index in [9.17, 15) is 27.6 Å². The van der Waals surface area contributed by atoms with Gasteiger partial charge in [-0.25, -0.2) is 4.79 Å². The Bertz CT molecular complexity index is 370. The van der Waals surface area contributed by atoms with Crippen molar-refractivity contribution in [3.63, 3.8) is 0 Å². The lowest BCUT2D eigenvalue weighted by Crippen LogP contribution is -2.64. The topological polar surface area (TPSA) is 130 Å². The van der Waals surface area contributed by atoms with Crippen LogP contribution in [0.2, 0.25) is 0 Å². The van der Waals surface area contributed by atoms with E-state index in [0.717, 1.165) is 0 Å². The second kappa shape index (κ2) is 5.21. The van der Waals surface area contributed by atoms with Crippen LogP contribution in [0.1, 0.15) is 13.3 Å². The number of hydrogen-bond acceptors (Lipinski definition) is 4. The summed E-state index contributed by atoms with van der Waals surface area (Å²) in [6, 6.07) is -1.77. The predicted molar refractivity (Wildman–Crippen MR) is 50.5 cm³/mol. The van der Waals surface area contributed by atoms with Gasteiger partial charge in [0.05, 0.1) is 12.5 Å². The minimum absolute atomic E-state index is 0.237. The molecule has 104 valence electrons. The Kier molecular flexibility index (Phi) is 4.68. The molecule has 0 rings (SSSR count). The highest BCUT2D eigenvalue weighted by Gasteiger charge is 2.58. The van der Waals surface area contributed by atoms with Gasteiger partial charge in [0.2, 0.25) is 11.4 Å². The van der Waals surface area contributed by atoms with Gasteiger partial charge in [0, 0.05) is 0 Å². The highest BCUT2D eigenvalue weighted by atomic mass is 19.4. The monoisotopic (exact) mass is 272 g/mol. The first-order valence-electron chi connectivity index (χ1n) is 4.51. The van der Waals surface area contributed by atoms with Gasteiger partial charge in [0.25, 0.3) is 0 Å². The molecule has 0 aliphatic heterocycles. The summed E-state index contributed by atoms with van der Waals surface area (Å²) in [6.45, 7) is 0.237. The maximum atomic E-state index is 12.5. The number of carboxylic acids is 2. The number of carboxylic acid groups (broad SMARTS) is 2. The zero-order chi connectivity index (χ0) is 14.7. The van der Waals surface area contributed by atoms with Gasteiger partial charge < -0.3 is 21.3 Å². The standard InChI is InChI=1S/C8H11F3N2O5/c1-7(6(17)18,8(9,10)11)13-5(16)3(12)2-4(14)15/h3H,2,12H2,1H3,(H,13,16)(H,14,15)(H,17,18). The van der Waals surface area contributed by atoms with E-state index in [1.165, 1.54) is 5.32 Å². The molecule has 10 heteroatoms. The highest BCUT2D eigenvalue weighted by Crippen LogP contribution is 2.30. The quantitative estimate of drug-likeness (QED) is 0.524. The molecule has 5 N–H and O–H groups in total. The SMILES string of the molecule is CC(NC(=O)C(N)CC(=O)O)(C(=O)O)C(F)(F)F. The summed E-state index contributed by atoms with van der Waals surface area (Å²) >= 11 is 0. The first-order chi connectivity index (χ1) is 7.91. The van der Waals surface area contributed by atoms with E-state index in [-0.39, 0.29) is 6.92 Å². The van der Waals surface area contributed by atoms with Crippen LogP contribution in [0.15, 0.2) is 0 Å². The number of halogens is 3. The summed E-state index contributed by atoms with van der Waals surface area (Å²) in [5, 5.41) is 18.0. The lowest BCUT2D eigenvalue weighted by atomic mass is 10.0. The van der Waals surface area contributed by atoms with E-state index in [0.29, 0.717) is 0 Å². The smallest absolute Gasteiger partial charge is 0.422 e. The number of alkyl halides is 3. The highest BCUT2D eigenvalue weighted by molar-refractivity contribution is 5.91. The molecule has 0 radical (unpaired) electrons. The summed E-state index contributed by atoms with van der Waals surface area (Å²) in [4.78, 5) is 32.0. The number of amides is 1. The molecule has 0 heterocycles. The average molecular weight is 272 g/mol. The van der Waals surface area contributed by atoms with Gasteiger partial charge in [0.15, 0.2) is 0 Å². The van der Waals surface area contributed by atoms with Crippen molar-refractivity contribution in [3.8, 4) is 0 Å². The molecular formula is C8H11F3N2O5. The third-order valence-corrected chi connectivity index (χ3v) is 2.10. The third-order valence-electron chi connectivity index (χ3n) is 2.10. The molecule has 0 saturated carbocycles. The fourth-order valence-corrected chi connectivity index (χ4v) is 0.866. The largest absolute Gasteiger partial charge is 0.481 e. The van der Waals surface area contributed by atoms with Crippen molar-refractivity contribution in [1.29, 1.82) is 0 Å². The van der Waals surface area contributed by atoms with Gasteiger partial charge in [-0.2, -0.15) is 13.2 Å². The van der Waals surface area contributed by atoms with Gasteiger partial charge in [0.1, 0.15) is 0 Å². The van der Waals surface area contributed by atoms with Crippen LogP contribution < -0.4 is 11.1 Å². The van der Waals surface area contributed by atoms with Crippen molar-refractivity contribution in [1.82, 2.24) is 5.32 Å². The van der Waals surface area contributed by atoms with Crippen molar-refractivity contribution >= 4 is 17.8 Å². The van der Waals surface area contributed by atoms with Crippen LogP contribution in [0, 0.1) is 0 Å². The first kappa shape index (κ1) is 16.2.